The maximum absolute atomic E-state index is 5.40. The van der Waals surface area contributed by atoms with Gasteiger partial charge in [0.1, 0.15) is 0 Å². The Morgan fingerprint density at radius 2 is 2.00 bits per heavy atom. The van der Waals surface area contributed by atoms with Crippen molar-refractivity contribution in [1.82, 2.24) is 4.98 Å². The highest BCUT2D eigenvalue weighted by atomic mass is 16.3. The number of nitrogens with zero attached hydrogens (tertiary/aromatic N) is 1. The number of hydrogen-bond donors (Lipinski definition) is 0. The summed E-state index contributed by atoms with van der Waals surface area (Å²) in [6.45, 7) is 0. The molecule has 3 rings (SSSR count). The first-order valence-electron chi connectivity index (χ1n) is 4.15. The van der Waals surface area contributed by atoms with Gasteiger partial charge in [0.2, 0.25) is 0 Å². The van der Waals surface area contributed by atoms with Gasteiger partial charge >= 0.3 is 0 Å². The summed E-state index contributed by atoms with van der Waals surface area (Å²) in [5, 5.41) is 2.31. The van der Waals surface area contributed by atoms with E-state index in [9.17, 15) is 0 Å². The first-order chi connectivity index (χ1) is 6.45. The Hall–Kier alpha value is -1.83. The van der Waals surface area contributed by atoms with E-state index in [1.165, 1.54) is 5.39 Å². The molecule has 0 bridgehead atoms. The lowest BCUT2D eigenvalue weighted by molar-refractivity contribution is 0.574. The molecule has 0 spiro atoms. The lowest BCUT2D eigenvalue weighted by Gasteiger charge is -2.01. The third kappa shape index (κ3) is 0.855. The molecule has 0 aliphatic carbocycles. The van der Waals surface area contributed by atoms with E-state index in [0.717, 1.165) is 16.7 Å². The van der Waals surface area contributed by atoms with Crippen LogP contribution in [0, 0.1) is 0 Å². The zero-order chi connectivity index (χ0) is 8.67. The molecule has 62 valence electrons. The molecular formula is C11H7NO. The molecule has 0 aromatic heterocycles. The number of hydrogen-bond acceptors (Lipinski definition) is 2. The fourth-order valence-electron chi connectivity index (χ4n) is 1.58. The molecule has 0 fully saturated rings. The Morgan fingerprint density at radius 1 is 1.08 bits per heavy atom. The zero-order valence-electron chi connectivity index (χ0n) is 6.90. The SMILES string of the molecule is c1ccc2c3cncc-3occ2c1. The number of rotatable bonds is 0. The average Bonchev–Trinajstić information content (AvgIpc) is 2.65. The number of fused-ring (bicyclic) bond motifs is 3. The van der Waals surface area contributed by atoms with Crippen molar-refractivity contribution < 1.29 is 4.42 Å². The molecule has 2 heteroatoms. The van der Waals surface area contributed by atoms with E-state index < -0.39 is 0 Å². The van der Waals surface area contributed by atoms with Gasteiger partial charge in [0.15, 0.2) is 5.76 Å². The summed E-state index contributed by atoms with van der Waals surface area (Å²) < 4.78 is 5.40. The molecule has 2 heterocycles. The van der Waals surface area contributed by atoms with Gasteiger partial charge in [0.25, 0.3) is 0 Å². The minimum atomic E-state index is 0.846. The van der Waals surface area contributed by atoms with Crippen molar-refractivity contribution >= 4 is 10.8 Å². The van der Waals surface area contributed by atoms with Gasteiger partial charge in [-0.2, -0.15) is 0 Å². The van der Waals surface area contributed by atoms with E-state index in [-0.39, 0.29) is 0 Å². The van der Waals surface area contributed by atoms with Gasteiger partial charge in [-0.15, -0.1) is 0 Å². The van der Waals surface area contributed by atoms with Crippen molar-refractivity contribution in [1.29, 1.82) is 0 Å². The van der Waals surface area contributed by atoms with Crippen LogP contribution in [0.3, 0.4) is 0 Å². The van der Waals surface area contributed by atoms with E-state index in [0.29, 0.717) is 0 Å². The monoisotopic (exact) mass is 169 g/mol. The van der Waals surface area contributed by atoms with Crippen LogP contribution in [0.15, 0.2) is 47.3 Å². The highest BCUT2D eigenvalue weighted by Gasteiger charge is 2.08. The van der Waals surface area contributed by atoms with E-state index in [1.807, 2.05) is 24.4 Å². The highest BCUT2D eigenvalue weighted by Crippen LogP contribution is 2.29. The van der Waals surface area contributed by atoms with Gasteiger partial charge < -0.3 is 4.42 Å². The summed E-state index contributed by atoms with van der Waals surface area (Å²) in [5.41, 5.74) is 1.08. The Morgan fingerprint density at radius 3 is 3.00 bits per heavy atom. The third-order valence-corrected chi connectivity index (χ3v) is 2.22. The largest absolute Gasteiger partial charge is 0.462 e. The zero-order valence-corrected chi connectivity index (χ0v) is 6.90. The molecule has 0 atom stereocenters. The second-order valence-electron chi connectivity index (χ2n) is 3.01. The fraction of sp³-hybridized carbons (Fsp3) is 0. The van der Waals surface area contributed by atoms with Gasteiger partial charge in [-0.05, 0) is 5.39 Å². The Bertz CT molecular complexity index is 527. The van der Waals surface area contributed by atoms with E-state index in [4.69, 9.17) is 4.42 Å². The van der Waals surface area contributed by atoms with Crippen molar-refractivity contribution in [2.45, 2.75) is 0 Å². The van der Waals surface area contributed by atoms with E-state index in [2.05, 4.69) is 11.1 Å². The second kappa shape index (κ2) is 2.33. The van der Waals surface area contributed by atoms with Gasteiger partial charge in [-0.3, -0.25) is 4.98 Å². The number of aromatic nitrogens is 1. The molecule has 2 aliphatic heterocycles. The van der Waals surface area contributed by atoms with Crippen molar-refractivity contribution in [2.75, 3.05) is 0 Å². The van der Waals surface area contributed by atoms with Gasteiger partial charge in [0, 0.05) is 17.1 Å². The van der Waals surface area contributed by atoms with Crippen LogP contribution in [0.25, 0.3) is 22.1 Å². The normalized spacial score (nSPS) is 11.1. The Labute approximate surface area is 75.2 Å². The van der Waals surface area contributed by atoms with Crippen LogP contribution >= 0.6 is 0 Å². The van der Waals surface area contributed by atoms with Crippen LogP contribution in [0.1, 0.15) is 0 Å². The van der Waals surface area contributed by atoms with Crippen LogP contribution in [0.4, 0.5) is 0 Å². The first-order valence-corrected chi connectivity index (χ1v) is 4.15. The molecule has 1 aromatic rings. The first kappa shape index (κ1) is 6.66. The van der Waals surface area contributed by atoms with Crippen molar-refractivity contribution in [2.24, 2.45) is 0 Å². The Kier molecular flexibility index (Phi) is 1.19. The minimum absolute atomic E-state index is 0.846. The van der Waals surface area contributed by atoms with E-state index >= 15 is 0 Å². The summed E-state index contributed by atoms with van der Waals surface area (Å²) in [6, 6.07) is 8.13. The van der Waals surface area contributed by atoms with Crippen LogP contribution in [-0.4, -0.2) is 4.98 Å². The van der Waals surface area contributed by atoms with Crippen LogP contribution < -0.4 is 0 Å². The maximum Gasteiger partial charge on any atom is 0.154 e. The van der Waals surface area contributed by atoms with Gasteiger partial charge in [-0.25, -0.2) is 0 Å². The molecular weight excluding hydrogens is 162 g/mol. The summed E-state index contributed by atoms with van der Waals surface area (Å²) in [4.78, 5) is 4.06. The predicted octanol–water partition coefficient (Wildman–Crippen LogP) is 2.93. The molecule has 0 N–H and O–H groups in total. The molecule has 0 saturated heterocycles. The molecule has 0 amide bonds. The molecule has 13 heavy (non-hydrogen) atoms. The molecule has 0 unspecified atom stereocenters. The van der Waals surface area contributed by atoms with Crippen LogP contribution in [0.5, 0.6) is 0 Å². The van der Waals surface area contributed by atoms with Crippen molar-refractivity contribution in [3.05, 3.63) is 42.9 Å². The van der Waals surface area contributed by atoms with Crippen molar-refractivity contribution in [3.63, 3.8) is 0 Å². The van der Waals surface area contributed by atoms with Crippen LogP contribution in [-0.2, 0) is 0 Å². The lowest BCUT2D eigenvalue weighted by atomic mass is 10.1. The highest BCUT2D eigenvalue weighted by molar-refractivity contribution is 5.94. The van der Waals surface area contributed by atoms with Gasteiger partial charge in [0.05, 0.1) is 12.5 Å². The topological polar surface area (TPSA) is 26.0 Å². The quantitative estimate of drug-likeness (QED) is 0.517. The molecule has 2 nitrogen and oxygen atoms in total. The molecule has 0 saturated carbocycles. The Balaban J connectivity index is 2.57. The lowest BCUT2D eigenvalue weighted by Crippen LogP contribution is -1.77. The van der Waals surface area contributed by atoms with Crippen molar-refractivity contribution in [3.8, 4) is 11.3 Å². The summed E-state index contributed by atoms with van der Waals surface area (Å²) >= 11 is 0. The predicted molar refractivity (Wildman–Crippen MR) is 50.6 cm³/mol. The average molecular weight is 169 g/mol. The smallest absolute Gasteiger partial charge is 0.154 e. The minimum Gasteiger partial charge on any atom is -0.462 e. The summed E-state index contributed by atoms with van der Waals surface area (Å²) in [5.74, 6) is 0.846. The van der Waals surface area contributed by atoms with Gasteiger partial charge in [-0.1, -0.05) is 24.3 Å². The maximum atomic E-state index is 5.40. The van der Waals surface area contributed by atoms with E-state index in [1.54, 1.807) is 12.5 Å². The standard InChI is InChI=1S/C11H7NO/c1-2-4-9-8(3-1)7-13-11-6-12-5-10(9)11/h1-7H. The summed E-state index contributed by atoms with van der Waals surface area (Å²) in [7, 11) is 0. The summed E-state index contributed by atoms with van der Waals surface area (Å²) in [6.07, 6.45) is 5.34. The molecule has 2 aliphatic rings. The fourth-order valence-corrected chi connectivity index (χ4v) is 1.58. The number of benzene rings is 1. The van der Waals surface area contributed by atoms with Crippen LogP contribution in [0.2, 0.25) is 0 Å². The molecule has 1 aromatic carbocycles. The second-order valence-corrected chi connectivity index (χ2v) is 3.01. The molecule has 0 radical (unpaired) electrons. The third-order valence-electron chi connectivity index (χ3n) is 2.22.